The van der Waals surface area contributed by atoms with Crippen LogP contribution in [0.2, 0.25) is 0 Å². The lowest BCUT2D eigenvalue weighted by atomic mass is 10.1. The quantitative estimate of drug-likeness (QED) is 0.515. The number of carbonyl (C=O) groups excluding carboxylic acids is 1. The van der Waals surface area contributed by atoms with E-state index in [2.05, 4.69) is 52.5 Å². The maximum Gasteiger partial charge on any atom is 0.239 e. The Bertz CT molecular complexity index is 1030. The molecule has 0 bridgehead atoms. The first-order valence-corrected chi connectivity index (χ1v) is 11.4. The number of amides is 1. The van der Waals surface area contributed by atoms with E-state index in [1.807, 2.05) is 37.5 Å². The van der Waals surface area contributed by atoms with Crippen molar-refractivity contribution in [1.29, 1.82) is 0 Å². The Labute approximate surface area is 184 Å². The fraction of sp³-hybridized carbons (Fsp3) is 0.450. The van der Waals surface area contributed by atoms with Gasteiger partial charge in [-0.2, -0.15) is 0 Å². The SMILES string of the molecule is Cc1ccc(OCc2nnc(S[C@@H](C)C(=O)Nc3nnc(C)s3)n2C(C)C)c(C)c1. The zero-order chi connectivity index (χ0) is 21.8. The third kappa shape index (κ3) is 5.37. The highest BCUT2D eigenvalue weighted by Crippen LogP contribution is 2.27. The molecule has 0 unspecified atom stereocenters. The Morgan fingerprint density at radius 3 is 2.57 bits per heavy atom. The number of thioether (sulfide) groups is 1. The van der Waals surface area contributed by atoms with Crippen LogP contribution in [0.4, 0.5) is 5.13 Å². The molecule has 2 aromatic heterocycles. The molecule has 0 saturated heterocycles. The van der Waals surface area contributed by atoms with Gasteiger partial charge >= 0.3 is 0 Å². The highest BCUT2D eigenvalue weighted by Gasteiger charge is 2.22. The van der Waals surface area contributed by atoms with Crippen LogP contribution in [0.5, 0.6) is 5.75 Å². The zero-order valence-electron chi connectivity index (χ0n) is 18.0. The molecule has 2 heterocycles. The number of ether oxygens (including phenoxy) is 1. The second-order valence-corrected chi connectivity index (χ2v) is 9.79. The van der Waals surface area contributed by atoms with E-state index in [9.17, 15) is 4.79 Å². The van der Waals surface area contributed by atoms with E-state index in [1.165, 1.54) is 28.7 Å². The molecular weight excluding hydrogens is 420 g/mol. The van der Waals surface area contributed by atoms with Gasteiger partial charge in [-0.15, -0.1) is 20.4 Å². The molecule has 0 aliphatic rings. The number of hydrogen-bond donors (Lipinski definition) is 1. The van der Waals surface area contributed by atoms with Gasteiger partial charge < -0.3 is 9.30 Å². The van der Waals surface area contributed by atoms with Crippen molar-refractivity contribution < 1.29 is 9.53 Å². The lowest BCUT2D eigenvalue weighted by Gasteiger charge is -2.16. The van der Waals surface area contributed by atoms with Crippen LogP contribution >= 0.6 is 23.1 Å². The number of anilines is 1. The Hall–Kier alpha value is -2.46. The molecule has 160 valence electrons. The van der Waals surface area contributed by atoms with Crippen LogP contribution in [0.1, 0.15) is 48.8 Å². The summed E-state index contributed by atoms with van der Waals surface area (Å²) in [6.07, 6.45) is 0. The molecule has 8 nitrogen and oxygen atoms in total. The summed E-state index contributed by atoms with van der Waals surface area (Å²) in [5.41, 5.74) is 2.28. The number of hydrogen-bond acceptors (Lipinski definition) is 8. The maximum absolute atomic E-state index is 12.5. The number of nitrogens with zero attached hydrogens (tertiary/aromatic N) is 5. The van der Waals surface area contributed by atoms with E-state index in [4.69, 9.17) is 4.74 Å². The summed E-state index contributed by atoms with van der Waals surface area (Å²) in [6.45, 7) is 12.2. The number of rotatable bonds is 8. The van der Waals surface area contributed by atoms with Crippen molar-refractivity contribution in [2.24, 2.45) is 0 Å². The summed E-state index contributed by atoms with van der Waals surface area (Å²) >= 11 is 2.70. The van der Waals surface area contributed by atoms with Gasteiger partial charge in [0.05, 0.1) is 5.25 Å². The van der Waals surface area contributed by atoms with E-state index in [-0.39, 0.29) is 17.2 Å². The molecule has 1 amide bonds. The first-order chi connectivity index (χ1) is 14.2. The predicted molar refractivity (Wildman–Crippen MR) is 119 cm³/mol. The molecule has 3 aromatic rings. The molecule has 0 aliphatic carbocycles. The molecule has 1 N–H and O–H groups in total. The summed E-state index contributed by atoms with van der Waals surface area (Å²) in [5, 5.41) is 20.9. The van der Waals surface area contributed by atoms with Gasteiger partial charge in [0.1, 0.15) is 17.4 Å². The molecule has 1 atom stereocenters. The van der Waals surface area contributed by atoms with Crippen LogP contribution in [0.15, 0.2) is 23.4 Å². The first kappa shape index (κ1) is 22.2. The zero-order valence-corrected chi connectivity index (χ0v) is 19.6. The average molecular weight is 447 g/mol. The number of aryl methyl sites for hydroxylation is 3. The molecular formula is C20H26N6O2S2. The highest BCUT2D eigenvalue weighted by molar-refractivity contribution is 8.00. The molecule has 30 heavy (non-hydrogen) atoms. The minimum atomic E-state index is -0.371. The van der Waals surface area contributed by atoms with Crippen molar-refractivity contribution in [3.8, 4) is 5.75 Å². The van der Waals surface area contributed by atoms with Crippen molar-refractivity contribution in [1.82, 2.24) is 25.0 Å². The van der Waals surface area contributed by atoms with Crippen LogP contribution in [0.3, 0.4) is 0 Å². The summed E-state index contributed by atoms with van der Waals surface area (Å²) in [4.78, 5) is 12.5. The Morgan fingerprint density at radius 1 is 1.17 bits per heavy atom. The van der Waals surface area contributed by atoms with Crippen LogP contribution in [-0.4, -0.2) is 36.1 Å². The smallest absolute Gasteiger partial charge is 0.239 e. The first-order valence-electron chi connectivity index (χ1n) is 9.66. The van der Waals surface area contributed by atoms with Gasteiger partial charge in [-0.25, -0.2) is 0 Å². The Morgan fingerprint density at radius 2 is 1.93 bits per heavy atom. The van der Waals surface area contributed by atoms with E-state index in [0.29, 0.717) is 16.9 Å². The molecule has 0 saturated carbocycles. The summed E-state index contributed by atoms with van der Waals surface area (Å²) in [7, 11) is 0. The van der Waals surface area contributed by atoms with Gasteiger partial charge in [0, 0.05) is 6.04 Å². The lowest BCUT2D eigenvalue weighted by Crippen LogP contribution is -2.23. The van der Waals surface area contributed by atoms with Crippen LogP contribution in [-0.2, 0) is 11.4 Å². The molecule has 0 fully saturated rings. The Balaban J connectivity index is 1.69. The standard InChI is InChI=1S/C20H26N6O2S2/c1-11(2)26-17(10-28-16-8-7-12(3)9-13(16)4)23-25-20(26)29-14(5)18(27)21-19-24-22-15(6)30-19/h7-9,11,14H,10H2,1-6H3,(H,21,24,27)/t14-/m0/s1. The normalized spacial score (nSPS) is 12.2. The molecule has 10 heteroatoms. The topological polar surface area (TPSA) is 94.8 Å². The number of nitrogens with one attached hydrogen (secondary N) is 1. The fourth-order valence-corrected chi connectivity index (χ4v) is 4.47. The molecule has 1 aromatic carbocycles. The number of aromatic nitrogens is 5. The largest absolute Gasteiger partial charge is 0.485 e. The van der Waals surface area contributed by atoms with Gasteiger partial charge in [0.2, 0.25) is 11.0 Å². The van der Waals surface area contributed by atoms with Crippen molar-refractivity contribution >= 4 is 34.1 Å². The van der Waals surface area contributed by atoms with E-state index < -0.39 is 0 Å². The van der Waals surface area contributed by atoms with Gasteiger partial charge in [-0.05, 0) is 53.2 Å². The van der Waals surface area contributed by atoms with Gasteiger partial charge in [-0.1, -0.05) is 40.8 Å². The average Bonchev–Trinajstić information content (AvgIpc) is 3.26. The van der Waals surface area contributed by atoms with Crippen LogP contribution in [0, 0.1) is 20.8 Å². The van der Waals surface area contributed by atoms with Crippen LogP contribution in [0.25, 0.3) is 0 Å². The van der Waals surface area contributed by atoms with E-state index >= 15 is 0 Å². The fourth-order valence-electron chi connectivity index (χ4n) is 2.87. The highest BCUT2D eigenvalue weighted by atomic mass is 32.2. The predicted octanol–water partition coefficient (Wildman–Crippen LogP) is 4.33. The van der Waals surface area contributed by atoms with Gasteiger partial charge in [0.15, 0.2) is 11.0 Å². The lowest BCUT2D eigenvalue weighted by molar-refractivity contribution is -0.115. The number of benzene rings is 1. The van der Waals surface area contributed by atoms with Crippen molar-refractivity contribution in [2.45, 2.75) is 64.6 Å². The second-order valence-electron chi connectivity index (χ2n) is 7.30. The van der Waals surface area contributed by atoms with Crippen molar-refractivity contribution in [2.75, 3.05) is 5.32 Å². The molecule has 0 aliphatic heterocycles. The summed E-state index contributed by atoms with van der Waals surface area (Å²) in [6, 6.07) is 6.21. The van der Waals surface area contributed by atoms with E-state index in [1.54, 1.807) is 0 Å². The molecule has 0 radical (unpaired) electrons. The summed E-state index contributed by atoms with van der Waals surface area (Å²) in [5.74, 6) is 1.40. The molecule has 3 rings (SSSR count). The van der Waals surface area contributed by atoms with Crippen molar-refractivity contribution in [3.05, 3.63) is 40.2 Å². The molecule has 0 spiro atoms. The number of carbonyl (C=O) groups is 1. The third-order valence-electron chi connectivity index (χ3n) is 4.35. The van der Waals surface area contributed by atoms with Gasteiger partial charge in [0.25, 0.3) is 0 Å². The monoisotopic (exact) mass is 446 g/mol. The minimum absolute atomic E-state index is 0.126. The minimum Gasteiger partial charge on any atom is -0.485 e. The van der Waals surface area contributed by atoms with Gasteiger partial charge in [-0.3, -0.25) is 10.1 Å². The van der Waals surface area contributed by atoms with E-state index in [0.717, 1.165) is 22.1 Å². The van der Waals surface area contributed by atoms with Crippen molar-refractivity contribution in [3.63, 3.8) is 0 Å². The summed E-state index contributed by atoms with van der Waals surface area (Å²) < 4.78 is 8.00. The third-order valence-corrected chi connectivity index (χ3v) is 6.16. The van der Waals surface area contributed by atoms with Crippen LogP contribution < -0.4 is 10.1 Å². The maximum atomic E-state index is 12.5. The second kappa shape index (κ2) is 9.57. The Kier molecular flexibility index (Phi) is 7.09.